The number of aryl methyl sites for hydroxylation is 1. The summed E-state index contributed by atoms with van der Waals surface area (Å²) in [5.41, 5.74) is 4.31. The average molecular weight is 473 g/mol. The Kier molecular flexibility index (Phi) is 6.40. The van der Waals surface area contributed by atoms with Crippen molar-refractivity contribution in [2.24, 2.45) is 0 Å². The van der Waals surface area contributed by atoms with Crippen LogP contribution < -0.4 is 9.64 Å². The Labute approximate surface area is 204 Å². The molecule has 1 fully saturated rings. The second-order valence-corrected chi connectivity index (χ2v) is 8.91. The fourth-order valence-electron chi connectivity index (χ4n) is 4.87. The van der Waals surface area contributed by atoms with E-state index in [-0.39, 0.29) is 18.1 Å². The number of carbonyl (C=O) groups excluding carboxylic acids is 1. The van der Waals surface area contributed by atoms with Crippen LogP contribution in [0.1, 0.15) is 29.2 Å². The Bertz CT molecular complexity index is 1330. The van der Waals surface area contributed by atoms with Gasteiger partial charge in [0, 0.05) is 56.6 Å². The highest BCUT2D eigenvalue weighted by atomic mass is 19.1. The zero-order valence-corrected chi connectivity index (χ0v) is 20.0. The van der Waals surface area contributed by atoms with E-state index >= 15 is 0 Å². The van der Waals surface area contributed by atoms with Crippen molar-refractivity contribution in [2.75, 3.05) is 38.2 Å². The van der Waals surface area contributed by atoms with Crippen molar-refractivity contribution in [1.29, 1.82) is 0 Å². The molecule has 0 bridgehead atoms. The summed E-state index contributed by atoms with van der Waals surface area (Å²) < 4.78 is 22.1. The fourth-order valence-corrected chi connectivity index (χ4v) is 4.87. The number of pyridine rings is 1. The first-order valence-electron chi connectivity index (χ1n) is 11.9. The number of aromatic nitrogens is 2. The molecule has 35 heavy (non-hydrogen) atoms. The minimum absolute atomic E-state index is 0.0234. The molecule has 3 heterocycles. The molecule has 1 aliphatic heterocycles. The van der Waals surface area contributed by atoms with Gasteiger partial charge in [0.05, 0.1) is 12.8 Å². The van der Waals surface area contributed by atoms with Gasteiger partial charge in [0.1, 0.15) is 17.2 Å². The molecule has 1 amide bonds. The number of benzene rings is 2. The standard InChI is InChI=1S/C28H29FN4O2/c1-20-6-5-13-33-26(19-30-28(20)33)24(23-7-3-4-8-25(23)29)18-27(34)32-16-14-31(15-17-32)21-9-11-22(35-2)12-10-21/h3-13,19,24H,14-18H2,1-2H3. The van der Waals surface area contributed by atoms with E-state index in [2.05, 4.69) is 9.88 Å². The quantitative estimate of drug-likeness (QED) is 0.410. The fraction of sp³-hybridized carbons (Fsp3) is 0.286. The Morgan fingerprint density at radius 2 is 1.77 bits per heavy atom. The summed E-state index contributed by atoms with van der Waals surface area (Å²) >= 11 is 0. The first kappa shape index (κ1) is 22.9. The molecule has 0 aliphatic carbocycles. The van der Waals surface area contributed by atoms with Crippen molar-refractivity contribution in [3.05, 3.63) is 95.7 Å². The molecule has 0 saturated carbocycles. The molecule has 6 nitrogen and oxygen atoms in total. The Morgan fingerprint density at radius 3 is 2.49 bits per heavy atom. The number of rotatable bonds is 6. The lowest BCUT2D eigenvalue weighted by Gasteiger charge is -2.36. The molecule has 2 aromatic heterocycles. The molecule has 1 atom stereocenters. The van der Waals surface area contributed by atoms with Crippen LogP contribution in [0.5, 0.6) is 5.75 Å². The molecule has 1 aliphatic rings. The number of hydrogen-bond donors (Lipinski definition) is 0. The minimum Gasteiger partial charge on any atom is -0.497 e. The smallest absolute Gasteiger partial charge is 0.223 e. The monoisotopic (exact) mass is 472 g/mol. The van der Waals surface area contributed by atoms with Crippen molar-refractivity contribution >= 4 is 17.2 Å². The second-order valence-electron chi connectivity index (χ2n) is 8.91. The number of anilines is 1. The third-order valence-corrected chi connectivity index (χ3v) is 6.85. The van der Waals surface area contributed by atoms with E-state index in [0.717, 1.165) is 41.4 Å². The van der Waals surface area contributed by atoms with Gasteiger partial charge in [0.25, 0.3) is 0 Å². The van der Waals surface area contributed by atoms with E-state index in [9.17, 15) is 9.18 Å². The highest BCUT2D eigenvalue weighted by molar-refractivity contribution is 5.78. The number of ether oxygens (including phenoxy) is 1. The number of halogens is 1. The molecular weight excluding hydrogens is 443 g/mol. The zero-order valence-electron chi connectivity index (χ0n) is 20.0. The summed E-state index contributed by atoms with van der Waals surface area (Å²) in [7, 11) is 1.65. The summed E-state index contributed by atoms with van der Waals surface area (Å²) in [5.74, 6) is 0.108. The van der Waals surface area contributed by atoms with Crippen LogP contribution in [0, 0.1) is 12.7 Å². The number of methoxy groups -OCH3 is 1. The molecule has 7 heteroatoms. The first-order valence-corrected chi connectivity index (χ1v) is 11.9. The molecule has 1 saturated heterocycles. The molecular formula is C28H29FN4O2. The van der Waals surface area contributed by atoms with Gasteiger partial charge in [-0.05, 0) is 54.4 Å². The number of hydrogen-bond acceptors (Lipinski definition) is 4. The zero-order chi connectivity index (χ0) is 24.4. The van der Waals surface area contributed by atoms with Crippen LogP contribution in [0.4, 0.5) is 10.1 Å². The summed E-state index contributed by atoms with van der Waals surface area (Å²) in [6.45, 7) is 4.74. The lowest BCUT2D eigenvalue weighted by molar-refractivity contribution is -0.131. The molecule has 4 aromatic rings. The molecule has 2 aromatic carbocycles. The largest absolute Gasteiger partial charge is 0.497 e. The van der Waals surface area contributed by atoms with Crippen LogP contribution in [0.2, 0.25) is 0 Å². The lowest BCUT2D eigenvalue weighted by Crippen LogP contribution is -2.49. The Morgan fingerprint density at radius 1 is 1.03 bits per heavy atom. The average Bonchev–Trinajstić information content (AvgIpc) is 3.33. The van der Waals surface area contributed by atoms with Crippen molar-refractivity contribution in [2.45, 2.75) is 19.3 Å². The van der Waals surface area contributed by atoms with E-state index in [0.29, 0.717) is 18.7 Å². The Hall–Kier alpha value is -3.87. The minimum atomic E-state index is -0.430. The SMILES string of the molecule is COc1ccc(N2CCN(C(=O)CC(c3ccccc3F)c3cnc4c(C)cccn34)CC2)cc1. The molecule has 0 N–H and O–H groups in total. The maximum absolute atomic E-state index is 14.9. The molecule has 1 unspecified atom stereocenters. The van der Waals surface area contributed by atoms with E-state index < -0.39 is 5.92 Å². The number of amides is 1. The molecule has 5 rings (SSSR count). The van der Waals surface area contributed by atoms with Gasteiger partial charge in [0.15, 0.2) is 0 Å². The lowest BCUT2D eigenvalue weighted by atomic mass is 9.91. The van der Waals surface area contributed by atoms with Crippen molar-refractivity contribution in [1.82, 2.24) is 14.3 Å². The van der Waals surface area contributed by atoms with Crippen LogP contribution in [-0.4, -0.2) is 53.5 Å². The molecule has 180 valence electrons. The number of nitrogens with zero attached hydrogens (tertiary/aromatic N) is 4. The highest BCUT2D eigenvalue weighted by Crippen LogP contribution is 2.32. The summed E-state index contributed by atoms with van der Waals surface area (Å²) in [6.07, 6.45) is 3.89. The van der Waals surface area contributed by atoms with Gasteiger partial charge < -0.3 is 18.9 Å². The summed E-state index contributed by atoms with van der Waals surface area (Å²) in [5, 5.41) is 0. The van der Waals surface area contributed by atoms with Gasteiger partial charge in [-0.15, -0.1) is 0 Å². The number of fused-ring (bicyclic) bond motifs is 1. The predicted molar refractivity (Wildman–Crippen MR) is 135 cm³/mol. The maximum atomic E-state index is 14.9. The second kappa shape index (κ2) is 9.78. The first-order chi connectivity index (χ1) is 17.0. The van der Waals surface area contributed by atoms with Gasteiger partial charge in [-0.25, -0.2) is 9.37 Å². The summed E-state index contributed by atoms with van der Waals surface area (Å²) in [4.78, 5) is 22.2. The van der Waals surface area contributed by atoms with Crippen LogP contribution in [0.15, 0.2) is 73.1 Å². The third-order valence-electron chi connectivity index (χ3n) is 6.85. The van der Waals surface area contributed by atoms with Crippen LogP contribution in [0.25, 0.3) is 5.65 Å². The van der Waals surface area contributed by atoms with Gasteiger partial charge in [-0.1, -0.05) is 24.3 Å². The topological polar surface area (TPSA) is 50.1 Å². The number of imidazole rings is 1. The number of carbonyl (C=O) groups is 1. The van der Waals surface area contributed by atoms with Crippen LogP contribution in [0.3, 0.4) is 0 Å². The van der Waals surface area contributed by atoms with E-state index in [1.165, 1.54) is 6.07 Å². The Balaban J connectivity index is 1.36. The van der Waals surface area contributed by atoms with Crippen molar-refractivity contribution in [3.8, 4) is 5.75 Å². The van der Waals surface area contributed by atoms with Gasteiger partial charge in [-0.2, -0.15) is 0 Å². The van der Waals surface area contributed by atoms with Crippen molar-refractivity contribution in [3.63, 3.8) is 0 Å². The molecule has 0 spiro atoms. The van der Waals surface area contributed by atoms with Crippen LogP contribution in [-0.2, 0) is 4.79 Å². The van der Waals surface area contributed by atoms with Gasteiger partial charge in [-0.3, -0.25) is 4.79 Å². The molecule has 0 radical (unpaired) electrons. The third kappa shape index (κ3) is 4.58. The predicted octanol–water partition coefficient (Wildman–Crippen LogP) is 4.66. The van der Waals surface area contributed by atoms with Gasteiger partial charge >= 0.3 is 0 Å². The normalized spacial score (nSPS) is 14.8. The van der Waals surface area contributed by atoms with E-state index in [1.54, 1.807) is 25.4 Å². The van der Waals surface area contributed by atoms with Crippen LogP contribution >= 0.6 is 0 Å². The summed E-state index contributed by atoms with van der Waals surface area (Å²) in [6, 6.07) is 18.6. The van der Waals surface area contributed by atoms with Gasteiger partial charge in [0.2, 0.25) is 5.91 Å². The van der Waals surface area contributed by atoms with Crippen molar-refractivity contribution < 1.29 is 13.9 Å². The maximum Gasteiger partial charge on any atom is 0.223 e. The van der Waals surface area contributed by atoms with E-state index in [1.807, 2.05) is 64.9 Å². The number of piperazine rings is 1. The van der Waals surface area contributed by atoms with E-state index in [4.69, 9.17) is 4.74 Å². The highest BCUT2D eigenvalue weighted by Gasteiger charge is 2.28.